The highest BCUT2D eigenvalue weighted by Crippen LogP contribution is 2.39. The minimum absolute atomic E-state index is 0.129. The normalized spacial score (nSPS) is 15.8. The lowest BCUT2D eigenvalue weighted by molar-refractivity contribution is 0.244. The first-order chi connectivity index (χ1) is 17.0. The number of nitrogens with one attached hydrogen (secondary N) is 1. The molecule has 1 aromatic heterocycles. The van der Waals surface area contributed by atoms with Crippen molar-refractivity contribution in [2.75, 3.05) is 12.0 Å². The highest BCUT2D eigenvalue weighted by atomic mass is 19.1. The zero-order chi connectivity index (χ0) is 24.5. The van der Waals surface area contributed by atoms with Gasteiger partial charge >= 0.3 is 6.03 Å². The first-order valence-electron chi connectivity index (χ1n) is 11.1. The molecule has 0 fully saturated rings. The summed E-state index contributed by atoms with van der Waals surface area (Å²) in [6.07, 6.45) is 0. The fourth-order valence-electron chi connectivity index (χ4n) is 4.25. The Morgan fingerprint density at radius 3 is 2.54 bits per heavy atom. The molecule has 1 aliphatic rings. The summed E-state index contributed by atoms with van der Waals surface area (Å²) in [6.45, 7) is 3.82. The van der Waals surface area contributed by atoms with Gasteiger partial charge in [-0.3, -0.25) is 4.90 Å². The fourth-order valence-corrected chi connectivity index (χ4v) is 4.25. The monoisotopic (exact) mass is 470 g/mol. The van der Waals surface area contributed by atoms with Crippen molar-refractivity contribution >= 4 is 17.3 Å². The molecule has 1 unspecified atom stereocenters. The summed E-state index contributed by atoms with van der Waals surface area (Å²) in [4.78, 5) is 19.4. The Labute approximate surface area is 201 Å². The van der Waals surface area contributed by atoms with Crippen LogP contribution in [0.15, 0.2) is 83.0 Å². The van der Waals surface area contributed by atoms with Crippen LogP contribution in [-0.4, -0.2) is 23.3 Å². The second kappa shape index (κ2) is 9.06. The number of methoxy groups -OCH3 is 1. The average Bonchev–Trinajstić information content (AvgIpc) is 3.34. The predicted octanol–water partition coefficient (Wildman–Crippen LogP) is 5.89. The summed E-state index contributed by atoms with van der Waals surface area (Å²) >= 11 is 0. The summed E-state index contributed by atoms with van der Waals surface area (Å²) in [7, 11) is 1.40. The number of allylic oxidation sites excluding steroid dienone is 1. The highest BCUT2D eigenvalue weighted by molar-refractivity contribution is 6.01. The van der Waals surface area contributed by atoms with Crippen LogP contribution in [0, 0.1) is 12.7 Å². The van der Waals surface area contributed by atoms with E-state index >= 15 is 0 Å². The zero-order valence-electron chi connectivity index (χ0n) is 19.4. The van der Waals surface area contributed by atoms with E-state index in [1.807, 2.05) is 68.4 Å². The quantitative estimate of drug-likeness (QED) is 0.393. The number of halogens is 1. The lowest BCUT2D eigenvalue weighted by Gasteiger charge is -2.35. The molecule has 1 N–H and O–H groups in total. The van der Waals surface area contributed by atoms with Crippen molar-refractivity contribution in [3.8, 4) is 17.1 Å². The number of nitrogens with zero attached hydrogens (tertiary/aromatic N) is 3. The third-order valence-electron chi connectivity index (χ3n) is 5.94. The van der Waals surface area contributed by atoms with Gasteiger partial charge in [0.25, 0.3) is 5.89 Å². The first-order valence-corrected chi connectivity index (χ1v) is 11.1. The third kappa shape index (κ3) is 4.14. The first kappa shape index (κ1) is 22.3. The van der Waals surface area contributed by atoms with Crippen LogP contribution in [0.2, 0.25) is 0 Å². The molecule has 4 aromatic rings. The Bertz CT molecular complexity index is 1430. The molecular formula is C27H23FN4O3. The number of hydrogen-bond acceptors (Lipinski definition) is 5. The van der Waals surface area contributed by atoms with Gasteiger partial charge in [-0.05, 0) is 55.3 Å². The van der Waals surface area contributed by atoms with Crippen molar-refractivity contribution in [1.82, 2.24) is 15.5 Å². The summed E-state index contributed by atoms with van der Waals surface area (Å²) in [5, 5.41) is 7.17. The largest absolute Gasteiger partial charge is 0.494 e. The Kier molecular flexibility index (Phi) is 5.78. The number of aromatic nitrogens is 2. The van der Waals surface area contributed by atoms with Gasteiger partial charge in [-0.2, -0.15) is 4.98 Å². The van der Waals surface area contributed by atoms with Crippen molar-refractivity contribution in [1.29, 1.82) is 0 Å². The molecule has 8 heteroatoms. The van der Waals surface area contributed by atoms with Gasteiger partial charge < -0.3 is 14.6 Å². The van der Waals surface area contributed by atoms with Crippen molar-refractivity contribution in [2.24, 2.45) is 0 Å². The van der Waals surface area contributed by atoms with Gasteiger partial charge in [0.2, 0.25) is 5.82 Å². The minimum atomic E-state index is -0.524. The number of aryl methyl sites for hydroxylation is 1. The van der Waals surface area contributed by atoms with Crippen LogP contribution in [0.3, 0.4) is 0 Å². The molecule has 0 saturated heterocycles. The number of amides is 2. The molecule has 176 valence electrons. The van der Waals surface area contributed by atoms with Gasteiger partial charge in [-0.15, -0.1) is 0 Å². The number of hydrogen-bond donors (Lipinski definition) is 1. The smallest absolute Gasteiger partial charge is 0.326 e. The van der Waals surface area contributed by atoms with Gasteiger partial charge in [-0.1, -0.05) is 47.6 Å². The van der Waals surface area contributed by atoms with Crippen LogP contribution in [0.1, 0.15) is 30.0 Å². The van der Waals surface area contributed by atoms with E-state index < -0.39 is 11.9 Å². The maximum absolute atomic E-state index is 14.3. The van der Waals surface area contributed by atoms with Crippen molar-refractivity contribution in [2.45, 2.75) is 19.9 Å². The number of carbonyl (C=O) groups is 1. The lowest BCUT2D eigenvalue weighted by atomic mass is 9.94. The van der Waals surface area contributed by atoms with E-state index in [9.17, 15) is 9.18 Å². The molecule has 7 nitrogen and oxygen atoms in total. The van der Waals surface area contributed by atoms with E-state index in [1.54, 1.807) is 11.0 Å². The number of benzene rings is 3. The molecule has 1 aliphatic heterocycles. The standard InChI is InChI=1S/C27H23FN4O3/c1-16-8-7-11-20(14-16)32-17(2)23(24(29-27(32)33)18-9-5-4-6-10-18)26-30-25(31-35-26)19-12-13-22(34-3)21(28)15-19/h4-15,24H,1-3H3,(H,29,33). The van der Waals surface area contributed by atoms with E-state index in [4.69, 9.17) is 9.26 Å². The van der Waals surface area contributed by atoms with Crippen LogP contribution < -0.4 is 15.0 Å². The van der Waals surface area contributed by atoms with Crippen LogP contribution in [-0.2, 0) is 0 Å². The van der Waals surface area contributed by atoms with E-state index in [2.05, 4.69) is 15.5 Å². The second-order valence-corrected chi connectivity index (χ2v) is 8.24. The molecule has 0 spiro atoms. The fraction of sp³-hybridized carbons (Fsp3) is 0.148. The molecule has 0 bridgehead atoms. The minimum Gasteiger partial charge on any atom is -0.494 e. The van der Waals surface area contributed by atoms with Gasteiger partial charge in [0, 0.05) is 11.3 Å². The molecule has 0 saturated carbocycles. The summed E-state index contributed by atoms with van der Waals surface area (Å²) in [6, 6.07) is 20.9. The molecule has 1 atom stereocenters. The Morgan fingerprint density at radius 2 is 1.83 bits per heavy atom. The molecule has 2 amide bonds. The second-order valence-electron chi connectivity index (χ2n) is 8.24. The third-order valence-corrected chi connectivity index (χ3v) is 5.94. The van der Waals surface area contributed by atoms with Gasteiger partial charge in [0.05, 0.1) is 24.4 Å². The highest BCUT2D eigenvalue weighted by Gasteiger charge is 2.36. The molecule has 0 aliphatic carbocycles. The zero-order valence-corrected chi connectivity index (χ0v) is 19.4. The Hall–Kier alpha value is -4.46. The SMILES string of the molecule is COc1ccc(-c2noc(C3=C(C)N(c4cccc(C)c4)C(=O)NC3c3ccccc3)n2)cc1F. The molecular weight excluding hydrogens is 447 g/mol. The number of urea groups is 1. The molecule has 3 aromatic carbocycles. The summed E-state index contributed by atoms with van der Waals surface area (Å²) < 4.78 is 24.9. The maximum Gasteiger partial charge on any atom is 0.326 e. The van der Waals surface area contributed by atoms with E-state index in [-0.39, 0.29) is 23.5 Å². The molecule has 5 rings (SSSR count). The maximum atomic E-state index is 14.3. The van der Waals surface area contributed by atoms with Crippen LogP contribution in [0.25, 0.3) is 17.0 Å². The van der Waals surface area contributed by atoms with E-state index in [0.717, 1.165) is 16.8 Å². The summed E-state index contributed by atoms with van der Waals surface area (Å²) in [5.41, 5.74) is 4.38. The molecule has 0 radical (unpaired) electrons. The Morgan fingerprint density at radius 1 is 1.03 bits per heavy atom. The van der Waals surface area contributed by atoms with Crippen molar-refractivity contribution in [3.05, 3.63) is 101 Å². The molecule has 2 heterocycles. The number of ether oxygens (including phenoxy) is 1. The predicted molar refractivity (Wildman–Crippen MR) is 130 cm³/mol. The number of rotatable bonds is 5. The lowest BCUT2D eigenvalue weighted by Crippen LogP contribution is -2.46. The van der Waals surface area contributed by atoms with Crippen LogP contribution >= 0.6 is 0 Å². The van der Waals surface area contributed by atoms with E-state index in [0.29, 0.717) is 16.8 Å². The average molecular weight is 471 g/mol. The van der Waals surface area contributed by atoms with E-state index in [1.165, 1.54) is 19.2 Å². The van der Waals surface area contributed by atoms with Gasteiger partial charge in [0.1, 0.15) is 0 Å². The van der Waals surface area contributed by atoms with Crippen molar-refractivity contribution in [3.63, 3.8) is 0 Å². The topological polar surface area (TPSA) is 80.5 Å². The van der Waals surface area contributed by atoms with Crippen LogP contribution in [0.4, 0.5) is 14.9 Å². The van der Waals surface area contributed by atoms with Gasteiger partial charge in [0.15, 0.2) is 11.6 Å². The number of carbonyl (C=O) groups excluding carboxylic acids is 1. The Balaban J connectivity index is 1.64. The van der Waals surface area contributed by atoms with Crippen molar-refractivity contribution < 1.29 is 18.4 Å². The summed E-state index contributed by atoms with van der Waals surface area (Å²) in [5.74, 6) is 0.0707. The van der Waals surface area contributed by atoms with Crippen LogP contribution in [0.5, 0.6) is 5.75 Å². The van der Waals surface area contributed by atoms with Gasteiger partial charge in [-0.25, -0.2) is 9.18 Å². The molecule has 35 heavy (non-hydrogen) atoms. The number of anilines is 1.